The second-order valence-electron chi connectivity index (χ2n) is 10.8. The van der Waals surface area contributed by atoms with Crippen LogP contribution in [0.3, 0.4) is 0 Å². The summed E-state index contributed by atoms with van der Waals surface area (Å²) in [7, 11) is 0. The monoisotopic (exact) mass is 525 g/mol. The summed E-state index contributed by atoms with van der Waals surface area (Å²) in [6, 6.07) is 10.6. The van der Waals surface area contributed by atoms with Crippen molar-refractivity contribution in [2.75, 3.05) is 36.4 Å². The van der Waals surface area contributed by atoms with Gasteiger partial charge < -0.3 is 20.3 Å². The van der Waals surface area contributed by atoms with Gasteiger partial charge >= 0.3 is 0 Å². The third-order valence-electron chi connectivity index (χ3n) is 7.91. The van der Waals surface area contributed by atoms with Crippen molar-refractivity contribution >= 4 is 28.4 Å². The minimum absolute atomic E-state index is 0.164. The first-order valence-corrected chi connectivity index (χ1v) is 13.8. The lowest BCUT2D eigenvalue weighted by Gasteiger charge is -2.41. The Morgan fingerprint density at radius 1 is 1.05 bits per heavy atom. The van der Waals surface area contributed by atoms with Gasteiger partial charge in [-0.2, -0.15) is 0 Å². The number of hydrogen-bond donors (Lipinski definition) is 3. The van der Waals surface area contributed by atoms with Crippen LogP contribution in [0.25, 0.3) is 33.5 Å². The minimum atomic E-state index is -0.183. The largest absolute Gasteiger partial charge is 0.392 e. The molecule has 1 amide bonds. The molecule has 3 N–H and O–H groups in total. The summed E-state index contributed by atoms with van der Waals surface area (Å²) in [5, 5.41) is 12.9. The predicted octanol–water partition coefficient (Wildman–Crippen LogP) is 4.38. The van der Waals surface area contributed by atoms with Crippen LogP contribution < -0.4 is 10.2 Å². The van der Waals surface area contributed by atoms with Crippen LogP contribution in [0.1, 0.15) is 38.2 Å². The molecule has 0 spiro atoms. The molecule has 0 radical (unpaired) electrons. The number of aromatic amines is 1. The number of nitrogens with one attached hydrogen (secondary N) is 2. The number of rotatable bonds is 5. The number of aliphatic hydroxyl groups is 1. The van der Waals surface area contributed by atoms with Gasteiger partial charge in [-0.15, -0.1) is 0 Å². The van der Waals surface area contributed by atoms with E-state index >= 15 is 0 Å². The molecule has 39 heavy (non-hydrogen) atoms. The zero-order valence-corrected chi connectivity index (χ0v) is 22.5. The fourth-order valence-corrected chi connectivity index (χ4v) is 5.96. The first-order valence-electron chi connectivity index (χ1n) is 13.8. The highest BCUT2D eigenvalue weighted by atomic mass is 16.3. The van der Waals surface area contributed by atoms with Gasteiger partial charge in [0.1, 0.15) is 5.82 Å². The van der Waals surface area contributed by atoms with Crippen molar-refractivity contribution in [2.24, 2.45) is 0 Å². The number of aromatic nitrogens is 4. The Balaban J connectivity index is 1.32. The Hall–Kier alpha value is -3.82. The van der Waals surface area contributed by atoms with E-state index in [-0.39, 0.29) is 12.0 Å². The molecule has 2 saturated heterocycles. The van der Waals surface area contributed by atoms with E-state index < -0.39 is 0 Å². The van der Waals surface area contributed by atoms with E-state index in [2.05, 4.69) is 37.2 Å². The molecule has 1 atom stereocenters. The van der Waals surface area contributed by atoms with E-state index in [1.54, 1.807) is 6.20 Å². The van der Waals surface area contributed by atoms with Crippen LogP contribution in [-0.2, 0) is 4.79 Å². The smallest absolute Gasteiger partial charge is 0.222 e. The molecule has 2 aliphatic heterocycles. The van der Waals surface area contributed by atoms with Crippen LogP contribution in [0.4, 0.5) is 11.5 Å². The van der Waals surface area contributed by atoms with Crippen LogP contribution in [0.5, 0.6) is 0 Å². The molecule has 4 aromatic rings. The summed E-state index contributed by atoms with van der Waals surface area (Å²) in [5.41, 5.74) is 7.56. The number of aryl methyl sites for hydroxylation is 1. The maximum atomic E-state index is 11.6. The first kappa shape index (κ1) is 25.5. The fourth-order valence-electron chi connectivity index (χ4n) is 5.96. The van der Waals surface area contributed by atoms with E-state index in [4.69, 9.17) is 9.97 Å². The maximum absolute atomic E-state index is 11.6. The molecule has 9 heteroatoms. The zero-order chi connectivity index (χ0) is 26.9. The number of nitrogens with zero attached hydrogens (tertiary/aromatic N) is 5. The number of piperidine rings is 2. The number of aliphatic hydroxyl groups excluding tert-OH is 1. The van der Waals surface area contributed by atoms with Crippen molar-refractivity contribution in [2.45, 2.75) is 51.7 Å². The van der Waals surface area contributed by atoms with Gasteiger partial charge in [0.25, 0.3) is 0 Å². The van der Waals surface area contributed by atoms with Crippen molar-refractivity contribution < 1.29 is 9.90 Å². The number of anilines is 2. The lowest BCUT2D eigenvalue weighted by molar-refractivity contribution is -0.114. The highest BCUT2D eigenvalue weighted by Crippen LogP contribution is 2.38. The van der Waals surface area contributed by atoms with Gasteiger partial charge in [0, 0.05) is 50.6 Å². The van der Waals surface area contributed by atoms with Gasteiger partial charge in [-0.05, 0) is 69.0 Å². The quantitative estimate of drug-likeness (QED) is 0.355. The average Bonchev–Trinajstić information content (AvgIpc) is 3.32. The van der Waals surface area contributed by atoms with Crippen molar-refractivity contribution in [3.05, 3.63) is 54.5 Å². The topological polar surface area (TPSA) is 110 Å². The fraction of sp³-hybridized carbons (Fsp3) is 0.400. The average molecular weight is 526 g/mol. The Kier molecular flexibility index (Phi) is 7.01. The van der Waals surface area contributed by atoms with Crippen LogP contribution in [0, 0.1) is 6.92 Å². The molecule has 0 aromatic carbocycles. The number of likely N-dealkylation sites (tertiary alicyclic amines) is 1. The van der Waals surface area contributed by atoms with Crippen LogP contribution >= 0.6 is 0 Å². The third-order valence-corrected chi connectivity index (χ3v) is 7.91. The highest BCUT2D eigenvalue weighted by molar-refractivity contribution is 6.01. The second kappa shape index (κ2) is 10.7. The Labute approximate surface area is 228 Å². The number of amides is 1. The van der Waals surface area contributed by atoms with Crippen molar-refractivity contribution in [3.8, 4) is 22.5 Å². The SMILES string of the molecule is CC(=O)Nc1cc(-c2[nH]c3cc(N4CCC(N5CCC[C@@H](O)C5)CC4)cnc3c2-c2ccc(C)cn2)ccn1. The summed E-state index contributed by atoms with van der Waals surface area (Å²) in [6.45, 7) is 7.33. The summed E-state index contributed by atoms with van der Waals surface area (Å²) >= 11 is 0. The van der Waals surface area contributed by atoms with Gasteiger partial charge in [0.15, 0.2) is 0 Å². The lowest BCUT2D eigenvalue weighted by atomic mass is 9.98. The molecule has 0 unspecified atom stereocenters. The number of carbonyl (C=O) groups excluding carboxylic acids is 1. The van der Waals surface area contributed by atoms with E-state index in [9.17, 15) is 9.90 Å². The molecule has 4 aromatic heterocycles. The van der Waals surface area contributed by atoms with Crippen LogP contribution in [0.2, 0.25) is 0 Å². The van der Waals surface area contributed by atoms with Gasteiger partial charge in [0.05, 0.1) is 46.0 Å². The molecular weight excluding hydrogens is 490 g/mol. The summed E-state index contributed by atoms with van der Waals surface area (Å²) in [4.78, 5) is 34.1. The Morgan fingerprint density at radius 2 is 1.90 bits per heavy atom. The zero-order valence-electron chi connectivity index (χ0n) is 22.5. The molecule has 0 aliphatic carbocycles. The molecule has 2 fully saturated rings. The van der Waals surface area contributed by atoms with Gasteiger partial charge in [-0.3, -0.25) is 19.7 Å². The van der Waals surface area contributed by atoms with Crippen LogP contribution in [0.15, 0.2) is 48.9 Å². The summed E-state index contributed by atoms with van der Waals surface area (Å²) < 4.78 is 0. The van der Waals surface area contributed by atoms with Crippen molar-refractivity contribution in [3.63, 3.8) is 0 Å². The van der Waals surface area contributed by atoms with E-state index in [1.165, 1.54) is 6.92 Å². The number of H-pyrrole nitrogens is 1. The molecule has 0 bridgehead atoms. The number of carbonyl (C=O) groups is 1. The first-order chi connectivity index (χ1) is 18.9. The van der Waals surface area contributed by atoms with Crippen molar-refractivity contribution in [1.29, 1.82) is 0 Å². The highest BCUT2D eigenvalue weighted by Gasteiger charge is 2.29. The third kappa shape index (κ3) is 5.37. The standard InChI is InChI=1S/C30H35N7O2/c1-19-5-6-25(32-16-19)28-29(21-7-10-31-27(14-21)34-20(2)38)35-26-15-23(17-33-30(26)28)36-12-8-22(9-13-36)37-11-3-4-24(39)18-37/h5-7,10,14-17,22,24,35,39H,3-4,8-9,11-13,18H2,1-2H3,(H,31,34,38)/t24-/m1/s1. The number of β-amino-alcohol motifs (C(OH)–C–C–N with tert-alkyl or cyclic N) is 1. The maximum Gasteiger partial charge on any atom is 0.222 e. The number of fused-ring (bicyclic) bond motifs is 1. The number of pyridine rings is 3. The van der Waals surface area contributed by atoms with Gasteiger partial charge in [-0.1, -0.05) is 6.07 Å². The summed E-state index contributed by atoms with van der Waals surface area (Å²) in [5.74, 6) is 0.336. The molecule has 9 nitrogen and oxygen atoms in total. The lowest BCUT2D eigenvalue weighted by Crippen LogP contribution is -2.49. The molecule has 6 heterocycles. The van der Waals surface area contributed by atoms with E-state index in [0.717, 1.165) is 96.7 Å². The number of hydrogen-bond acceptors (Lipinski definition) is 7. The Morgan fingerprint density at radius 3 is 2.64 bits per heavy atom. The molecule has 6 rings (SSSR count). The van der Waals surface area contributed by atoms with Gasteiger partial charge in [0.2, 0.25) is 5.91 Å². The van der Waals surface area contributed by atoms with E-state index in [1.807, 2.05) is 37.5 Å². The molecule has 0 saturated carbocycles. The minimum Gasteiger partial charge on any atom is -0.392 e. The van der Waals surface area contributed by atoms with Crippen molar-refractivity contribution in [1.82, 2.24) is 24.8 Å². The predicted molar refractivity (Wildman–Crippen MR) is 154 cm³/mol. The van der Waals surface area contributed by atoms with Gasteiger partial charge in [-0.25, -0.2) is 4.98 Å². The molecule has 2 aliphatic rings. The Bertz CT molecular complexity index is 1470. The summed E-state index contributed by atoms with van der Waals surface area (Å²) in [6.07, 6.45) is 9.53. The van der Waals surface area contributed by atoms with Crippen LogP contribution in [-0.4, -0.2) is 74.2 Å². The molecule has 202 valence electrons. The second-order valence-corrected chi connectivity index (χ2v) is 10.8. The van der Waals surface area contributed by atoms with E-state index in [0.29, 0.717) is 11.9 Å². The normalized spacial score (nSPS) is 18.9. The molecular formula is C30H35N7O2.